The minimum atomic E-state index is -0.0106. The molecule has 4 nitrogen and oxygen atoms in total. The molecule has 3 N–H and O–H groups in total. The molecule has 2 unspecified atom stereocenters. The van der Waals surface area contributed by atoms with Gasteiger partial charge in [0, 0.05) is 24.9 Å². The van der Waals surface area contributed by atoms with Crippen molar-refractivity contribution in [1.82, 2.24) is 10.3 Å². The summed E-state index contributed by atoms with van der Waals surface area (Å²) < 4.78 is 0. The number of pyridine rings is 1. The summed E-state index contributed by atoms with van der Waals surface area (Å²) in [5.74, 6) is 0.0427. The van der Waals surface area contributed by atoms with E-state index in [-0.39, 0.29) is 18.0 Å². The number of nitrogens with two attached hydrogens (primary N) is 1. The van der Waals surface area contributed by atoms with Crippen molar-refractivity contribution in [1.29, 1.82) is 0 Å². The molecule has 2 aromatic rings. The molecule has 1 heterocycles. The van der Waals surface area contributed by atoms with Gasteiger partial charge in [-0.15, -0.1) is 0 Å². The first-order chi connectivity index (χ1) is 10.6. The van der Waals surface area contributed by atoms with Crippen molar-refractivity contribution in [2.45, 2.75) is 38.8 Å². The smallest absolute Gasteiger partial charge is 0.220 e. The second kappa shape index (κ2) is 7.71. The molecule has 0 aliphatic rings. The minimum absolute atomic E-state index is 0.0106. The number of aromatic nitrogens is 1. The fraction of sp³-hybridized carbons (Fsp3) is 0.333. The Bertz CT molecular complexity index is 593. The Morgan fingerprint density at radius 3 is 2.50 bits per heavy atom. The molecule has 0 spiro atoms. The van der Waals surface area contributed by atoms with Crippen molar-refractivity contribution in [2.75, 3.05) is 0 Å². The van der Waals surface area contributed by atoms with Crippen LogP contribution in [0.15, 0.2) is 48.8 Å². The number of rotatable bonds is 6. The number of carbonyl (C=O) groups is 1. The topological polar surface area (TPSA) is 68.0 Å². The van der Waals surface area contributed by atoms with Gasteiger partial charge < -0.3 is 11.1 Å². The zero-order chi connectivity index (χ0) is 15.9. The number of nitrogens with one attached hydrogen (secondary N) is 1. The average Bonchev–Trinajstić information content (AvgIpc) is 2.54. The Kier molecular flexibility index (Phi) is 5.67. The van der Waals surface area contributed by atoms with E-state index in [9.17, 15) is 4.79 Å². The average molecular weight is 297 g/mol. The molecule has 0 bridgehead atoms. The summed E-state index contributed by atoms with van der Waals surface area (Å²) >= 11 is 0. The van der Waals surface area contributed by atoms with Crippen LogP contribution in [0.2, 0.25) is 0 Å². The molecule has 2 atom stereocenters. The predicted octanol–water partition coefficient (Wildman–Crippen LogP) is 3.05. The van der Waals surface area contributed by atoms with E-state index in [2.05, 4.69) is 22.4 Å². The van der Waals surface area contributed by atoms with Crippen molar-refractivity contribution in [3.8, 4) is 11.1 Å². The van der Waals surface area contributed by atoms with Gasteiger partial charge in [-0.25, -0.2) is 0 Å². The van der Waals surface area contributed by atoms with Crippen molar-refractivity contribution >= 4 is 5.91 Å². The van der Waals surface area contributed by atoms with Crippen molar-refractivity contribution in [2.24, 2.45) is 5.73 Å². The Labute approximate surface area is 131 Å². The second-order valence-electron chi connectivity index (χ2n) is 5.67. The maximum atomic E-state index is 11.8. The van der Waals surface area contributed by atoms with Crippen LogP contribution >= 0.6 is 0 Å². The highest BCUT2D eigenvalue weighted by atomic mass is 16.1. The van der Waals surface area contributed by atoms with E-state index in [1.807, 2.05) is 44.3 Å². The third-order valence-corrected chi connectivity index (χ3v) is 3.61. The molecule has 1 aromatic heterocycles. The first-order valence-corrected chi connectivity index (χ1v) is 7.61. The molecule has 22 heavy (non-hydrogen) atoms. The maximum absolute atomic E-state index is 11.8. The van der Waals surface area contributed by atoms with Crippen molar-refractivity contribution in [3.63, 3.8) is 0 Å². The first kappa shape index (κ1) is 16.2. The van der Waals surface area contributed by atoms with E-state index < -0.39 is 0 Å². The van der Waals surface area contributed by atoms with E-state index in [0.29, 0.717) is 12.8 Å². The van der Waals surface area contributed by atoms with Gasteiger partial charge in [0.15, 0.2) is 0 Å². The van der Waals surface area contributed by atoms with E-state index in [1.165, 1.54) is 0 Å². The largest absolute Gasteiger partial charge is 0.350 e. The summed E-state index contributed by atoms with van der Waals surface area (Å²) in [6.07, 6.45) is 4.78. The van der Waals surface area contributed by atoms with Gasteiger partial charge in [-0.1, -0.05) is 30.3 Å². The monoisotopic (exact) mass is 297 g/mol. The van der Waals surface area contributed by atoms with Crippen LogP contribution in [0.4, 0.5) is 0 Å². The molecule has 0 aliphatic heterocycles. The molecule has 116 valence electrons. The lowest BCUT2D eigenvalue weighted by Gasteiger charge is -2.15. The molecule has 1 aromatic carbocycles. The van der Waals surface area contributed by atoms with Crippen LogP contribution in [0, 0.1) is 0 Å². The highest BCUT2D eigenvalue weighted by molar-refractivity contribution is 5.76. The quantitative estimate of drug-likeness (QED) is 0.861. The third kappa shape index (κ3) is 4.67. The summed E-state index contributed by atoms with van der Waals surface area (Å²) in [4.78, 5) is 16.0. The Morgan fingerprint density at radius 1 is 1.18 bits per heavy atom. The van der Waals surface area contributed by atoms with E-state index in [0.717, 1.165) is 16.7 Å². The predicted molar refractivity (Wildman–Crippen MR) is 89.1 cm³/mol. The molecule has 1 amide bonds. The SMILES string of the molecule is CC(N)CCC(=O)NC(C)c1ccc(-c2cccnc2)cc1. The van der Waals surface area contributed by atoms with Crippen LogP contribution in [-0.2, 0) is 4.79 Å². The van der Waals surface area contributed by atoms with Crippen LogP contribution in [0.25, 0.3) is 11.1 Å². The van der Waals surface area contributed by atoms with Crippen LogP contribution in [0.1, 0.15) is 38.3 Å². The molecular formula is C18H23N3O. The van der Waals surface area contributed by atoms with Gasteiger partial charge in [0.25, 0.3) is 0 Å². The molecule has 2 rings (SSSR count). The summed E-state index contributed by atoms with van der Waals surface area (Å²) in [6.45, 7) is 3.90. The zero-order valence-corrected chi connectivity index (χ0v) is 13.1. The molecule has 0 radical (unpaired) electrons. The van der Waals surface area contributed by atoms with Crippen LogP contribution in [0.5, 0.6) is 0 Å². The number of nitrogens with zero attached hydrogens (tertiary/aromatic N) is 1. The zero-order valence-electron chi connectivity index (χ0n) is 13.1. The van der Waals surface area contributed by atoms with E-state index >= 15 is 0 Å². The highest BCUT2D eigenvalue weighted by Gasteiger charge is 2.10. The van der Waals surface area contributed by atoms with Gasteiger partial charge in [0.1, 0.15) is 0 Å². The summed E-state index contributed by atoms with van der Waals surface area (Å²) in [7, 11) is 0. The van der Waals surface area contributed by atoms with Crippen molar-refractivity contribution < 1.29 is 4.79 Å². The van der Waals surface area contributed by atoms with Gasteiger partial charge in [-0.2, -0.15) is 0 Å². The van der Waals surface area contributed by atoms with Gasteiger partial charge in [-0.05, 0) is 43.0 Å². The number of hydrogen-bond acceptors (Lipinski definition) is 3. The van der Waals surface area contributed by atoms with Crippen LogP contribution in [0.3, 0.4) is 0 Å². The van der Waals surface area contributed by atoms with Crippen LogP contribution in [-0.4, -0.2) is 16.9 Å². The number of benzene rings is 1. The lowest BCUT2D eigenvalue weighted by atomic mass is 10.0. The number of carbonyl (C=O) groups excluding carboxylic acids is 1. The summed E-state index contributed by atoms with van der Waals surface area (Å²) in [5, 5.41) is 3.00. The Hall–Kier alpha value is -2.20. The molecule has 0 saturated carbocycles. The van der Waals surface area contributed by atoms with Gasteiger partial charge >= 0.3 is 0 Å². The van der Waals surface area contributed by atoms with Crippen LogP contribution < -0.4 is 11.1 Å². The number of hydrogen-bond donors (Lipinski definition) is 2. The molecule has 0 aliphatic carbocycles. The Balaban J connectivity index is 1.96. The molecule has 4 heteroatoms. The normalized spacial score (nSPS) is 13.4. The van der Waals surface area contributed by atoms with Gasteiger partial charge in [0.2, 0.25) is 5.91 Å². The molecular weight excluding hydrogens is 274 g/mol. The fourth-order valence-corrected chi connectivity index (χ4v) is 2.25. The summed E-state index contributed by atoms with van der Waals surface area (Å²) in [5.41, 5.74) is 8.96. The number of amides is 1. The first-order valence-electron chi connectivity index (χ1n) is 7.61. The lowest BCUT2D eigenvalue weighted by molar-refractivity contribution is -0.121. The second-order valence-corrected chi connectivity index (χ2v) is 5.67. The van der Waals surface area contributed by atoms with Crippen molar-refractivity contribution in [3.05, 3.63) is 54.4 Å². The van der Waals surface area contributed by atoms with E-state index in [4.69, 9.17) is 5.73 Å². The summed E-state index contributed by atoms with van der Waals surface area (Å²) in [6, 6.07) is 12.2. The van der Waals surface area contributed by atoms with E-state index in [1.54, 1.807) is 6.20 Å². The standard InChI is InChI=1S/C18H23N3O/c1-13(19)5-10-18(22)21-14(2)15-6-8-16(9-7-15)17-4-3-11-20-12-17/h3-4,6-9,11-14H,5,10,19H2,1-2H3,(H,21,22). The van der Waals surface area contributed by atoms with Gasteiger partial charge in [0.05, 0.1) is 6.04 Å². The molecule has 0 saturated heterocycles. The van der Waals surface area contributed by atoms with Gasteiger partial charge in [-0.3, -0.25) is 9.78 Å². The lowest BCUT2D eigenvalue weighted by Crippen LogP contribution is -2.28. The maximum Gasteiger partial charge on any atom is 0.220 e. The minimum Gasteiger partial charge on any atom is -0.350 e. The fourth-order valence-electron chi connectivity index (χ4n) is 2.25. The third-order valence-electron chi connectivity index (χ3n) is 3.61. The Morgan fingerprint density at radius 2 is 1.91 bits per heavy atom. The highest BCUT2D eigenvalue weighted by Crippen LogP contribution is 2.21. The molecule has 0 fully saturated rings.